The van der Waals surface area contributed by atoms with E-state index in [4.69, 9.17) is 9.47 Å². The predicted octanol–water partition coefficient (Wildman–Crippen LogP) is 2.80. The minimum absolute atomic E-state index is 0.189. The quantitative estimate of drug-likeness (QED) is 0.824. The molecule has 0 atom stereocenters. The number of hydrogen-bond donors (Lipinski definition) is 0. The summed E-state index contributed by atoms with van der Waals surface area (Å²) in [5, 5.41) is 0. The van der Waals surface area contributed by atoms with E-state index in [1.165, 1.54) is 30.9 Å². The number of carbonyl (C=O) groups excluding carboxylic acids is 1. The van der Waals surface area contributed by atoms with Gasteiger partial charge in [-0.3, -0.25) is 9.69 Å². The first kappa shape index (κ1) is 18.2. The van der Waals surface area contributed by atoms with Gasteiger partial charge in [0.15, 0.2) is 0 Å². The average Bonchev–Trinajstić information content (AvgIpc) is 2.68. The summed E-state index contributed by atoms with van der Waals surface area (Å²) in [7, 11) is 3.13. The van der Waals surface area contributed by atoms with Crippen molar-refractivity contribution in [3.8, 4) is 11.5 Å². The third kappa shape index (κ3) is 4.14. The van der Waals surface area contributed by atoms with Gasteiger partial charge in [-0.2, -0.15) is 0 Å². The Morgan fingerprint density at radius 3 is 2.31 bits per heavy atom. The highest BCUT2D eigenvalue weighted by Crippen LogP contribution is 2.22. The zero-order valence-corrected chi connectivity index (χ0v) is 15.1. The van der Waals surface area contributed by atoms with Gasteiger partial charge in [0.05, 0.1) is 19.8 Å². The van der Waals surface area contributed by atoms with Crippen molar-refractivity contribution in [1.82, 2.24) is 9.80 Å². The van der Waals surface area contributed by atoms with Crippen molar-refractivity contribution < 1.29 is 18.7 Å². The van der Waals surface area contributed by atoms with E-state index in [1.54, 1.807) is 12.0 Å². The van der Waals surface area contributed by atoms with Crippen LogP contribution >= 0.6 is 0 Å². The van der Waals surface area contributed by atoms with Gasteiger partial charge in [-0.1, -0.05) is 12.1 Å². The van der Waals surface area contributed by atoms with Crippen LogP contribution in [0.1, 0.15) is 15.9 Å². The van der Waals surface area contributed by atoms with Crippen LogP contribution in [-0.2, 0) is 6.54 Å². The normalized spacial score (nSPS) is 15.0. The SMILES string of the molecule is COc1ccc(CN2CCN(C(=O)c3cc(F)ccc3OC)CC2)cc1. The van der Waals surface area contributed by atoms with Crippen LogP contribution in [0.3, 0.4) is 0 Å². The fraction of sp³-hybridized carbons (Fsp3) is 0.350. The second-order valence-electron chi connectivity index (χ2n) is 6.26. The Morgan fingerprint density at radius 1 is 1.00 bits per heavy atom. The van der Waals surface area contributed by atoms with Gasteiger partial charge in [0.25, 0.3) is 5.91 Å². The number of carbonyl (C=O) groups is 1. The Bertz CT molecular complexity index is 756. The Morgan fingerprint density at radius 2 is 1.69 bits per heavy atom. The third-order valence-corrected chi connectivity index (χ3v) is 4.62. The number of ether oxygens (including phenoxy) is 2. The van der Waals surface area contributed by atoms with Gasteiger partial charge in [0, 0.05) is 32.7 Å². The van der Waals surface area contributed by atoms with E-state index in [-0.39, 0.29) is 11.5 Å². The van der Waals surface area contributed by atoms with Crippen LogP contribution in [-0.4, -0.2) is 56.1 Å². The molecule has 2 aromatic carbocycles. The lowest BCUT2D eigenvalue weighted by atomic mass is 10.1. The summed E-state index contributed by atoms with van der Waals surface area (Å²) in [4.78, 5) is 16.8. The fourth-order valence-corrected chi connectivity index (χ4v) is 3.12. The van der Waals surface area contributed by atoms with E-state index in [9.17, 15) is 9.18 Å². The van der Waals surface area contributed by atoms with Crippen molar-refractivity contribution in [2.24, 2.45) is 0 Å². The minimum atomic E-state index is -0.438. The Labute approximate surface area is 152 Å². The van der Waals surface area contributed by atoms with Gasteiger partial charge in [-0.05, 0) is 35.9 Å². The first-order valence-corrected chi connectivity index (χ1v) is 8.59. The average molecular weight is 358 g/mol. The molecule has 1 fully saturated rings. The number of hydrogen-bond acceptors (Lipinski definition) is 4. The number of methoxy groups -OCH3 is 2. The lowest BCUT2D eigenvalue weighted by molar-refractivity contribution is 0.0624. The molecule has 1 saturated heterocycles. The monoisotopic (exact) mass is 358 g/mol. The Kier molecular flexibility index (Phi) is 5.73. The molecule has 1 aliphatic heterocycles. The molecule has 26 heavy (non-hydrogen) atoms. The fourth-order valence-electron chi connectivity index (χ4n) is 3.12. The number of rotatable bonds is 5. The van der Waals surface area contributed by atoms with E-state index in [0.29, 0.717) is 18.8 Å². The van der Waals surface area contributed by atoms with E-state index in [0.717, 1.165) is 25.4 Å². The van der Waals surface area contributed by atoms with Crippen LogP contribution in [0, 0.1) is 5.82 Å². The molecule has 0 spiro atoms. The summed E-state index contributed by atoms with van der Waals surface area (Å²) >= 11 is 0. The van der Waals surface area contributed by atoms with Gasteiger partial charge in [0.1, 0.15) is 17.3 Å². The lowest BCUT2D eigenvalue weighted by Gasteiger charge is -2.35. The maximum atomic E-state index is 13.5. The van der Waals surface area contributed by atoms with Crippen molar-refractivity contribution in [2.75, 3.05) is 40.4 Å². The van der Waals surface area contributed by atoms with Gasteiger partial charge in [-0.15, -0.1) is 0 Å². The number of halogens is 1. The summed E-state index contributed by atoms with van der Waals surface area (Å²) < 4.78 is 23.9. The molecule has 0 aromatic heterocycles. The van der Waals surface area contributed by atoms with Crippen molar-refractivity contribution in [3.63, 3.8) is 0 Å². The summed E-state index contributed by atoms with van der Waals surface area (Å²) in [5.74, 6) is 0.614. The molecule has 0 bridgehead atoms. The first-order chi connectivity index (χ1) is 12.6. The molecule has 2 aromatic rings. The smallest absolute Gasteiger partial charge is 0.257 e. The zero-order chi connectivity index (χ0) is 18.5. The first-order valence-electron chi connectivity index (χ1n) is 8.59. The highest BCUT2D eigenvalue weighted by atomic mass is 19.1. The molecule has 3 rings (SSSR count). The van der Waals surface area contributed by atoms with Gasteiger partial charge in [-0.25, -0.2) is 4.39 Å². The molecular formula is C20H23FN2O3. The topological polar surface area (TPSA) is 42.0 Å². The highest BCUT2D eigenvalue weighted by Gasteiger charge is 2.24. The van der Waals surface area contributed by atoms with Crippen molar-refractivity contribution in [3.05, 3.63) is 59.4 Å². The molecule has 138 valence electrons. The highest BCUT2D eigenvalue weighted by molar-refractivity contribution is 5.97. The minimum Gasteiger partial charge on any atom is -0.497 e. The number of amides is 1. The number of piperazine rings is 1. The van der Waals surface area contributed by atoms with E-state index in [1.807, 2.05) is 24.3 Å². The van der Waals surface area contributed by atoms with Gasteiger partial charge < -0.3 is 14.4 Å². The summed E-state index contributed by atoms with van der Waals surface area (Å²) in [6.45, 7) is 3.59. The van der Waals surface area contributed by atoms with Crippen LogP contribution < -0.4 is 9.47 Å². The molecule has 0 aliphatic carbocycles. The largest absolute Gasteiger partial charge is 0.497 e. The molecule has 0 unspecified atom stereocenters. The molecule has 0 radical (unpaired) electrons. The molecule has 1 heterocycles. The molecule has 6 heteroatoms. The second kappa shape index (κ2) is 8.19. The molecule has 0 saturated carbocycles. The summed E-state index contributed by atoms with van der Waals surface area (Å²) in [6.07, 6.45) is 0. The van der Waals surface area contributed by atoms with Gasteiger partial charge >= 0.3 is 0 Å². The van der Waals surface area contributed by atoms with Crippen molar-refractivity contribution >= 4 is 5.91 Å². The van der Waals surface area contributed by atoms with Crippen LogP contribution in [0.4, 0.5) is 4.39 Å². The molecule has 1 aliphatic rings. The molecule has 0 N–H and O–H groups in total. The zero-order valence-electron chi connectivity index (χ0n) is 15.1. The molecule has 5 nitrogen and oxygen atoms in total. The van der Waals surface area contributed by atoms with E-state index in [2.05, 4.69) is 4.90 Å². The van der Waals surface area contributed by atoms with Crippen molar-refractivity contribution in [2.45, 2.75) is 6.54 Å². The van der Waals surface area contributed by atoms with Crippen LogP contribution in [0.2, 0.25) is 0 Å². The van der Waals surface area contributed by atoms with Crippen molar-refractivity contribution in [1.29, 1.82) is 0 Å². The molecular weight excluding hydrogens is 335 g/mol. The maximum Gasteiger partial charge on any atom is 0.257 e. The lowest BCUT2D eigenvalue weighted by Crippen LogP contribution is -2.48. The summed E-state index contributed by atoms with van der Waals surface area (Å²) in [6, 6.07) is 12.0. The van der Waals surface area contributed by atoms with E-state index < -0.39 is 5.82 Å². The Balaban J connectivity index is 1.59. The number of nitrogens with zero attached hydrogens (tertiary/aromatic N) is 2. The van der Waals surface area contributed by atoms with Crippen LogP contribution in [0.5, 0.6) is 11.5 Å². The number of benzene rings is 2. The molecule has 1 amide bonds. The van der Waals surface area contributed by atoms with Crippen LogP contribution in [0.15, 0.2) is 42.5 Å². The standard InChI is InChI=1S/C20H23FN2O3/c1-25-17-6-3-15(4-7-17)14-22-9-11-23(12-10-22)20(24)18-13-16(21)5-8-19(18)26-2/h3-8,13H,9-12,14H2,1-2H3. The van der Waals surface area contributed by atoms with Crippen LogP contribution in [0.25, 0.3) is 0 Å². The van der Waals surface area contributed by atoms with Gasteiger partial charge in [0.2, 0.25) is 0 Å². The summed E-state index contributed by atoms with van der Waals surface area (Å²) in [5.41, 5.74) is 1.48. The maximum absolute atomic E-state index is 13.5. The second-order valence-corrected chi connectivity index (χ2v) is 6.26. The Hall–Kier alpha value is -2.60. The van der Waals surface area contributed by atoms with E-state index >= 15 is 0 Å². The predicted molar refractivity (Wildman–Crippen MR) is 97.1 cm³/mol. The third-order valence-electron chi connectivity index (χ3n) is 4.62.